The molecule has 24 heavy (non-hydrogen) atoms. The highest BCUT2D eigenvalue weighted by atomic mass is 32.1. The molecule has 1 aliphatic rings. The number of carbonyl (C=O) groups excluding carboxylic acids is 1. The van der Waals surface area contributed by atoms with Crippen molar-refractivity contribution in [3.63, 3.8) is 0 Å². The predicted molar refractivity (Wildman–Crippen MR) is 97.7 cm³/mol. The fourth-order valence-corrected chi connectivity index (χ4v) is 4.26. The van der Waals surface area contributed by atoms with Crippen molar-refractivity contribution >= 4 is 29.0 Å². The van der Waals surface area contributed by atoms with E-state index >= 15 is 0 Å². The van der Waals surface area contributed by atoms with Crippen molar-refractivity contribution in [1.29, 1.82) is 0 Å². The van der Waals surface area contributed by atoms with Crippen molar-refractivity contribution in [1.82, 2.24) is 4.90 Å². The fraction of sp³-hybridized carbons (Fsp3) is 0.556. The Bertz CT molecular complexity index is 667. The minimum Gasteiger partial charge on any atom is -0.465 e. The van der Waals surface area contributed by atoms with Crippen molar-refractivity contribution in [3.05, 3.63) is 28.0 Å². The molecule has 1 fully saturated rings. The van der Waals surface area contributed by atoms with Crippen LogP contribution in [0.2, 0.25) is 0 Å². The number of likely N-dealkylation sites (tertiary alicyclic amines) is 1. The standard InChI is InChI=1S/C18H26N2O3S/c1-11-7-8-20(16(22)23)18(9-11,17(4,5)6)15(21)19-14-12(2)10-24-13(14)3/h10H,1,7-9H2,2-6H3,(H,19,21)(H,22,23). The second kappa shape index (κ2) is 6.24. The predicted octanol–water partition coefficient (Wildman–Crippen LogP) is 4.42. The van der Waals surface area contributed by atoms with Gasteiger partial charge in [0.1, 0.15) is 5.54 Å². The number of nitrogens with one attached hydrogen (secondary N) is 1. The molecule has 2 heterocycles. The van der Waals surface area contributed by atoms with E-state index in [4.69, 9.17) is 0 Å². The molecule has 0 aromatic carbocycles. The van der Waals surface area contributed by atoms with E-state index in [0.29, 0.717) is 19.4 Å². The fourth-order valence-electron chi connectivity index (χ4n) is 3.45. The quantitative estimate of drug-likeness (QED) is 0.776. The average Bonchev–Trinajstić information content (AvgIpc) is 2.77. The smallest absolute Gasteiger partial charge is 0.408 e. The van der Waals surface area contributed by atoms with Crippen LogP contribution in [-0.2, 0) is 4.79 Å². The topological polar surface area (TPSA) is 69.6 Å². The van der Waals surface area contributed by atoms with Gasteiger partial charge in [-0.15, -0.1) is 11.3 Å². The van der Waals surface area contributed by atoms with Crippen LogP contribution in [0.5, 0.6) is 0 Å². The Labute approximate surface area is 147 Å². The Morgan fingerprint density at radius 2 is 2.00 bits per heavy atom. The van der Waals surface area contributed by atoms with Crippen molar-refractivity contribution in [2.75, 3.05) is 11.9 Å². The van der Waals surface area contributed by atoms with Gasteiger partial charge in [0, 0.05) is 17.8 Å². The van der Waals surface area contributed by atoms with E-state index in [1.54, 1.807) is 11.3 Å². The molecule has 2 rings (SSSR count). The molecule has 1 atom stereocenters. The van der Waals surface area contributed by atoms with Gasteiger partial charge in [-0.05, 0) is 36.6 Å². The molecule has 5 nitrogen and oxygen atoms in total. The van der Waals surface area contributed by atoms with E-state index in [1.807, 2.05) is 40.0 Å². The van der Waals surface area contributed by atoms with Crippen LogP contribution in [0.25, 0.3) is 0 Å². The van der Waals surface area contributed by atoms with Crippen LogP contribution in [0, 0.1) is 19.3 Å². The molecule has 2 N–H and O–H groups in total. The molecule has 132 valence electrons. The van der Waals surface area contributed by atoms with E-state index < -0.39 is 17.0 Å². The Morgan fingerprint density at radius 1 is 1.38 bits per heavy atom. The maximum Gasteiger partial charge on any atom is 0.408 e. The molecule has 1 aliphatic heterocycles. The van der Waals surface area contributed by atoms with E-state index in [9.17, 15) is 14.7 Å². The minimum absolute atomic E-state index is 0.275. The van der Waals surface area contributed by atoms with Crippen molar-refractivity contribution < 1.29 is 14.7 Å². The molecule has 1 aromatic heterocycles. The van der Waals surface area contributed by atoms with E-state index in [-0.39, 0.29) is 5.91 Å². The summed E-state index contributed by atoms with van der Waals surface area (Å²) >= 11 is 1.57. The Morgan fingerprint density at radius 3 is 2.46 bits per heavy atom. The Hall–Kier alpha value is -1.82. The van der Waals surface area contributed by atoms with Crippen LogP contribution >= 0.6 is 11.3 Å². The Kier molecular flexibility index (Phi) is 4.81. The van der Waals surface area contributed by atoms with E-state index in [1.165, 1.54) is 4.90 Å². The maximum atomic E-state index is 13.3. The van der Waals surface area contributed by atoms with Gasteiger partial charge in [0.15, 0.2) is 0 Å². The van der Waals surface area contributed by atoms with Gasteiger partial charge in [-0.3, -0.25) is 9.69 Å². The molecule has 0 radical (unpaired) electrons. The van der Waals surface area contributed by atoms with Crippen LogP contribution in [0.4, 0.5) is 10.5 Å². The summed E-state index contributed by atoms with van der Waals surface area (Å²) in [6, 6.07) is 0. The second-order valence-corrected chi connectivity index (χ2v) is 8.61. The third kappa shape index (κ3) is 2.95. The lowest BCUT2D eigenvalue weighted by molar-refractivity contribution is -0.135. The first kappa shape index (κ1) is 18.5. The Balaban J connectivity index is 2.52. The minimum atomic E-state index is -1.17. The summed E-state index contributed by atoms with van der Waals surface area (Å²) < 4.78 is 0. The number of carbonyl (C=O) groups is 2. The molecule has 6 heteroatoms. The van der Waals surface area contributed by atoms with E-state index in [0.717, 1.165) is 21.7 Å². The third-order valence-corrected chi connectivity index (χ3v) is 5.93. The number of aryl methyl sites for hydroxylation is 2. The number of nitrogens with zero attached hydrogens (tertiary/aromatic N) is 1. The van der Waals surface area contributed by atoms with Gasteiger partial charge < -0.3 is 10.4 Å². The lowest BCUT2D eigenvalue weighted by Gasteiger charge is -2.52. The summed E-state index contributed by atoms with van der Waals surface area (Å²) in [5.41, 5.74) is 0.948. The molecule has 1 aromatic rings. The molecule has 1 saturated heterocycles. The van der Waals surface area contributed by atoms with Gasteiger partial charge in [-0.2, -0.15) is 0 Å². The van der Waals surface area contributed by atoms with Crippen LogP contribution in [0.15, 0.2) is 17.5 Å². The summed E-state index contributed by atoms with van der Waals surface area (Å²) in [5.74, 6) is -0.275. The highest BCUT2D eigenvalue weighted by molar-refractivity contribution is 7.10. The highest BCUT2D eigenvalue weighted by Gasteiger charge is 2.56. The van der Waals surface area contributed by atoms with Gasteiger partial charge in [-0.25, -0.2) is 4.79 Å². The lowest BCUT2D eigenvalue weighted by atomic mass is 9.66. The van der Waals surface area contributed by atoms with Gasteiger partial charge in [-0.1, -0.05) is 32.9 Å². The SMILES string of the molecule is C=C1CCN(C(=O)O)C(C(=O)Nc2c(C)csc2C)(C(C)(C)C)C1. The number of piperidine rings is 1. The maximum absolute atomic E-state index is 13.3. The zero-order valence-electron chi connectivity index (χ0n) is 15.0. The first-order chi connectivity index (χ1) is 11.0. The van der Waals surface area contributed by atoms with E-state index in [2.05, 4.69) is 11.9 Å². The number of hydrogen-bond acceptors (Lipinski definition) is 3. The molecule has 0 aliphatic carbocycles. The molecule has 0 bridgehead atoms. The number of carboxylic acid groups (broad SMARTS) is 1. The first-order valence-corrected chi connectivity index (χ1v) is 8.92. The van der Waals surface area contributed by atoms with Crippen molar-refractivity contribution in [2.24, 2.45) is 5.41 Å². The zero-order chi connectivity index (χ0) is 18.3. The summed E-state index contributed by atoms with van der Waals surface area (Å²) in [6.07, 6.45) is -0.128. The molecule has 2 amide bonds. The summed E-state index contributed by atoms with van der Waals surface area (Å²) in [5, 5.41) is 14.7. The largest absolute Gasteiger partial charge is 0.465 e. The number of anilines is 1. The lowest BCUT2D eigenvalue weighted by Crippen LogP contribution is -2.67. The average molecular weight is 350 g/mol. The van der Waals surface area contributed by atoms with Crippen LogP contribution in [-0.4, -0.2) is 34.1 Å². The highest BCUT2D eigenvalue weighted by Crippen LogP contribution is 2.45. The third-order valence-electron chi connectivity index (χ3n) is 4.90. The number of thiophene rings is 1. The molecule has 1 unspecified atom stereocenters. The van der Waals surface area contributed by atoms with Gasteiger partial charge >= 0.3 is 6.09 Å². The zero-order valence-corrected chi connectivity index (χ0v) is 15.8. The van der Waals surface area contributed by atoms with Gasteiger partial charge in [0.05, 0.1) is 5.69 Å². The van der Waals surface area contributed by atoms with Crippen LogP contribution in [0.3, 0.4) is 0 Å². The normalized spacial score (nSPS) is 21.7. The molecular formula is C18H26N2O3S. The summed E-state index contributed by atoms with van der Waals surface area (Å²) in [7, 11) is 0. The molecular weight excluding hydrogens is 324 g/mol. The first-order valence-electron chi connectivity index (χ1n) is 8.04. The van der Waals surface area contributed by atoms with Gasteiger partial charge in [0.2, 0.25) is 0 Å². The van der Waals surface area contributed by atoms with Crippen molar-refractivity contribution in [3.8, 4) is 0 Å². The summed E-state index contributed by atoms with van der Waals surface area (Å²) in [4.78, 5) is 27.5. The van der Waals surface area contributed by atoms with Crippen LogP contribution in [0.1, 0.15) is 44.1 Å². The number of hydrogen-bond donors (Lipinski definition) is 2. The second-order valence-electron chi connectivity index (χ2n) is 7.53. The van der Waals surface area contributed by atoms with Crippen molar-refractivity contribution in [2.45, 2.75) is 53.0 Å². The monoisotopic (exact) mass is 350 g/mol. The number of amides is 2. The summed E-state index contributed by atoms with van der Waals surface area (Å²) in [6.45, 7) is 14.0. The molecule has 0 spiro atoms. The number of rotatable bonds is 2. The van der Waals surface area contributed by atoms with Crippen LogP contribution < -0.4 is 5.32 Å². The van der Waals surface area contributed by atoms with Gasteiger partial charge in [0.25, 0.3) is 5.91 Å². The molecule has 0 saturated carbocycles.